The van der Waals surface area contributed by atoms with Crippen LogP contribution in [-0.2, 0) is 14.3 Å². The third-order valence-electron chi connectivity index (χ3n) is 4.04. The number of ether oxygens (including phenoxy) is 2. The van der Waals surface area contributed by atoms with Crippen molar-refractivity contribution in [2.45, 2.75) is 57.6 Å². The summed E-state index contributed by atoms with van der Waals surface area (Å²) in [6.07, 6.45) is 2.38. The predicted octanol–water partition coefficient (Wildman–Crippen LogP) is -0.0461. The number of carboxylic acid groups (broad SMARTS) is 1. The zero-order chi connectivity index (χ0) is 16.4. The molecule has 0 bridgehead atoms. The van der Waals surface area contributed by atoms with E-state index in [0.717, 1.165) is 25.7 Å². The van der Waals surface area contributed by atoms with Gasteiger partial charge >= 0.3 is 11.9 Å². The highest BCUT2D eigenvalue weighted by molar-refractivity contribution is 5.74. The molecule has 0 saturated carbocycles. The van der Waals surface area contributed by atoms with Gasteiger partial charge < -0.3 is 20.1 Å². The fraction of sp³-hybridized carbons (Fsp3) is 0.929. The maximum Gasteiger partial charge on any atom is 0.381 e. The second-order valence-electron chi connectivity index (χ2n) is 6.30. The van der Waals surface area contributed by atoms with E-state index in [2.05, 4.69) is 0 Å². The monoisotopic (exact) mass is 318 g/mol. The van der Waals surface area contributed by atoms with Gasteiger partial charge in [-0.25, -0.2) is 9.69 Å². The van der Waals surface area contributed by atoms with Crippen LogP contribution in [-0.4, -0.2) is 75.4 Å². The van der Waals surface area contributed by atoms with E-state index in [-0.39, 0.29) is 0 Å². The molecule has 0 spiro atoms. The highest BCUT2D eigenvalue weighted by atomic mass is 16.8. The molecule has 2 saturated heterocycles. The Morgan fingerprint density at radius 2 is 1.59 bits per heavy atom. The molecule has 2 aliphatic rings. The molecule has 128 valence electrons. The minimum Gasteiger partial charge on any atom is -0.476 e. The number of likely N-dealkylation sites (tertiary alicyclic amines) is 2. The molecule has 2 fully saturated rings. The van der Waals surface area contributed by atoms with Gasteiger partial charge in [-0.05, 0) is 39.5 Å². The van der Waals surface area contributed by atoms with Crippen molar-refractivity contribution in [3.05, 3.63) is 0 Å². The van der Waals surface area contributed by atoms with Crippen molar-refractivity contribution in [2.75, 3.05) is 26.2 Å². The molecule has 0 aliphatic carbocycles. The highest BCUT2D eigenvalue weighted by Gasteiger charge is 2.50. The molecule has 0 radical (unpaired) electrons. The number of hydrogen-bond acceptors (Lipinski definition) is 7. The van der Waals surface area contributed by atoms with Gasteiger partial charge in [-0.3, -0.25) is 9.64 Å². The summed E-state index contributed by atoms with van der Waals surface area (Å²) in [5.41, 5.74) is 0. The summed E-state index contributed by atoms with van der Waals surface area (Å²) in [4.78, 5) is 14.6. The molecule has 2 unspecified atom stereocenters. The topological polar surface area (TPSA) is 103 Å². The molecule has 0 aromatic heterocycles. The van der Waals surface area contributed by atoms with Crippen LogP contribution in [0, 0.1) is 0 Å². The Balaban J connectivity index is 2.01. The summed E-state index contributed by atoms with van der Waals surface area (Å²) in [6.45, 7) is 5.27. The molecule has 8 heteroatoms. The average molecular weight is 318 g/mol. The van der Waals surface area contributed by atoms with Crippen molar-refractivity contribution >= 4 is 5.97 Å². The van der Waals surface area contributed by atoms with Crippen LogP contribution in [0.2, 0.25) is 0 Å². The van der Waals surface area contributed by atoms with Crippen LogP contribution in [0.4, 0.5) is 0 Å². The lowest BCUT2D eigenvalue weighted by molar-refractivity contribution is -0.400. The van der Waals surface area contributed by atoms with Crippen LogP contribution >= 0.6 is 0 Å². The zero-order valence-electron chi connectivity index (χ0n) is 13.2. The fourth-order valence-corrected chi connectivity index (χ4v) is 2.92. The van der Waals surface area contributed by atoms with Crippen LogP contribution in [0.15, 0.2) is 0 Å². The molecule has 2 aliphatic heterocycles. The Morgan fingerprint density at radius 3 is 2.09 bits per heavy atom. The van der Waals surface area contributed by atoms with Crippen LogP contribution in [0.5, 0.6) is 0 Å². The molecule has 22 heavy (non-hydrogen) atoms. The summed E-state index contributed by atoms with van der Waals surface area (Å²) in [5, 5.41) is 29.9. The maximum atomic E-state index is 11.5. The number of rotatable bonds is 7. The highest BCUT2D eigenvalue weighted by Crippen LogP contribution is 2.28. The molecule has 2 rings (SSSR count). The molecule has 0 aromatic carbocycles. The van der Waals surface area contributed by atoms with Gasteiger partial charge in [-0.1, -0.05) is 0 Å². The zero-order valence-corrected chi connectivity index (χ0v) is 13.2. The first-order valence-electron chi connectivity index (χ1n) is 7.75. The summed E-state index contributed by atoms with van der Waals surface area (Å²) in [6, 6.07) is 0. The van der Waals surface area contributed by atoms with Gasteiger partial charge in [0, 0.05) is 26.2 Å². The van der Waals surface area contributed by atoms with Crippen molar-refractivity contribution in [1.29, 1.82) is 0 Å². The molecule has 0 aromatic rings. The number of hydrogen-bond donors (Lipinski definition) is 3. The van der Waals surface area contributed by atoms with Gasteiger partial charge in [0.05, 0.1) is 0 Å². The number of carboxylic acids is 1. The first kappa shape index (κ1) is 17.6. The van der Waals surface area contributed by atoms with Gasteiger partial charge in [0.25, 0.3) is 0 Å². The van der Waals surface area contributed by atoms with Crippen molar-refractivity contribution in [1.82, 2.24) is 9.80 Å². The quantitative estimate of drug-likeness (QED) is 0.562. The number of nitrogens with zero attached hydrogens (tertiary/aromatic N) is 2. The Bertz CT molecular complexity index is 393. The summed E-state index contributed by atoms with van der Waals surface area (Å²) < 4.78 is 10.8. The second kappa shape index (κ2) is 6.77. The van der Waals surface area contributed by atoms with Gasteiger partial charge in [0.2, 0.25) is 6.41 Å². The third kappa shape index (κ3) is 3.95. The van der Waals surface area contributed by atoms with E-state index in [1.54, 1.807) is 4.90 Å². The van der Waals surface area contributed by atoms with E-state index in [1.165, 1.54) is 18.7 Å². The van der Waals surface area contributed by atoms with Gasteiger partial charge in [-0.2, -0.15) is 0 Å². The first-order chi connectivity index (χ1) is 10.2. The molecular weight excluding hydrogens is 292 g/mol. The number of aliphatic hydroxyl groups is 2. The van der Waals surface area contributed by atoms with E-state index in [0.29, 0.717) is 26.2 Å². The predicted molar refractivity (Wildman–Crippen MR) is 76.5 cm³/mol. The molecule has 2 atom stereocenters. The molecule has 2 heterocycles. The summed E-state index contributed by atoms with van der Waals surface area (Å²) in [7, 11) is 0. The Morgan fingerprint density at radius 1 is 1.09 bits per heavy atom. The second-order valence-corrected chi connectivity index (χ2v) is 6.30. The number of carbonyl (C=O) groups is 1. The summed E-state index contributed by atoms with van der Waals surface area (Å²) >= 11 is 0. The largest absolute Gasteiger partial charge is 0.476 e. The number of aliphatic carboxylic acids is 1. The van der Waals surface area contributed by atoms with Crippen LogP contribution in [0.1, 0.15) is 39.5 Å². The van der Waals surface area contributed by atoms with Gasteiger partial charge in [0.15, 0.2) is 5.79 Å². The van der Waals surface area contributed by atoms with Crippen molar-refractivity contribution in [3.63, 3.8) is 0 Å². The van der Waals surface area contributed by atoms with E-state index in [4.69, 9.17) is 9.47 Å². The Hall–Kier alpha value is -0.770. The van der Waals surface area contributed by atoms with E-state index in [9.17, 15) is 20.1 Å². The van der Waals surface area contributed by atoms with Crippen molar-refractivity contribution in [2.24, 2.45) is 0 Å². The van der Waals surface area contributed by atoms with Crippen LogP contribution in [0.3, 0.4) is 0 Å². The van der Waals surface area contributed by atoms with E-state index < -0.39 is 24.1 Å². The maximum absolute atomic E-state index is 11.5. The van der Waals surface area contributed by atoms with E-state index in [1.807, 2.05) is 0 Å². The standard InChI is InChI=1S/C14H26N2O6/c1-13(2,21-12(19)15-7-3-4-8-15)22-14(20,11(17)18)16-9-5-6-10-16/h12,19-20H,3-10H2,1-2H3,(H,17,18). The van der Waals surface area contributed by atoms with Crippen LogP contribution < -0.4 is 0 Å². The lowest BCUT2D eigenvalue weighted by Gasteiger charge is -2.40. The van der Waals surface area contributed by atoms with Crippen molar-refractivity contribution < 1.29 is 29.6 Å². The number of aliphatic hydroxyl groups excluding tert-OH is 1. The lowest BCUT2D eigenvalue weighted by atomic mass is 10.3. The summed E-state index contributed by atoms with van der Waals surface area (Å²) in [5.74, 6) is -5.40. The first-order valence-corrected chi connectivity index (χ1v) is 7.75. The molecule has 8 nitrogen and oxygen atoms in total. The minimum atomic E-state index is -2.45. The fourth-order valence-electron chi connectivity index (χ4n) is 2.92. The van der Waals surface area contributed by atoms with E-state index >= 15 is 0 Å². The SMILES string of the molecule is CC(C)(OC(O)N1CCCC1)OC(O)(C(=O)O)N1CCCC1. The van der Waals surface area contributed by atoms with Gasteiger partial charge in [0.1, 0.15) is 0 Å². The average Bonchev–Trinajstić information content (AvgIpc) is 3.11. The minimum absolute atomic E-state index is 0.438. The molecule has 3 N–H and O–H groups in total. The Labute approximate surface area is 130 Å². The Kier molecular flexibility index (Phi) is 5.41. The van der Waals surface area contributed by atoms with Crippen molar-refractivity contribution in [3.8, 4) is 0 Å². The third-order valence-corrected chi connectivity index (χ3v) is 4.04. The van der Waals surface area contributed by atoms with Crippen LogP contribution in [0.25, 0.3) is 0 Å². The lowest BCUT2D eigenvalue weighted by Crippen LogP contribution is -2.60. The molecular formula is C14H26N2O6. The normalized spacial score (nSPS) is 25.3. The smallest absolute Gasteiger partial charge is 0.381 e. The van der Waals surface area contributed by atoms with Gasteiger partial charge in [-0.15, -0.1) is 0 Å². The molecule has 0 amide bonds.